The van der Waals surface area contributed by atoms with Crippen molar-refractivity contribution >= 4 is 0 Å². The van der Waals surface area contributed by atoms with Crippen molar-refractivity contribution in [2.45, 2.75) is 13.5 Å². The van der Waals surface area contributed by atoms with E-state index in [4.69, 9.17) is 0 Å². The van der Waals surface area contributed by atoms with Crippen LogP contribution in [0.4, 0.5) is 0 Å². The average Bonchev–Trinajstić information content (AvgIpc) is 2.87. The Kier molecular flexibility index (Phi) is 3.36. The lowest BCUT2D eigenvalue weighted by molar-refractivity contribution is 0.616. The maximum absolute atomic E-state index is 4.18. The molecule has 0 saturated carbocycles. The quantitative estimate of drug-likeness (QED) is 0.760. The minimum atomic E-state index is 0.929. The first-order valence-electron chi connectivity index (χ1n) is 5.51. The first-order chi connectivity index (χ1) is 7.81. The van der Waals surface area contributed by atoms with Crippen LogP contribution in [-0.2, 0) is 13.6 Å². The highest BCUT2D eigenvalue weighted by Crippen LogP contribution is 2.17. The van der Waals surface area contributed by atoms with Crippen LogP contribution in [0, 0.1) is 0 Å². The number of likely N-dealkylation sites (N-methyl/N-ethyl adjacent to an activating group) is 1. The minimum Gasteiger partial charge on any atom is -0.329 e. The second-order valence-corrected chi connectivity index (χ2v) is 3.73. The summed E-state index contributed by atoms with van der Waals surface area (Å²) >= 11 is 0. The third-order valence-electron chi connectivity index (χ3n) is 2.49. The van der Waals surface area contributed by atoms with E-state index in [-0.39, 0.29) is 0 Å². The van der Waals surface area contributed by atoms with E-state index in [1.807, 2.05) is 32.0 Å². The highest BCUT2D eigenvalue weighted by Gasteiger charge is 2.06. The van der Waals surface area contributed by atoms with E-state index in [0.29, 0.717) is 0 Å². The van der Waals surface area contributed by atoms with Crippen molar-refractivity contribution in [1.82, 2.24) is 24.6 Å². The molecular weight excluding hydrogens is 202 g/mol. The van der Waals surface area contributed by atoms with E-state index in [0.717, 1.165) is 30.9 Å². The van der Waals surface area contributed by atoms with Crippen LogP contribution in [0.15, 0.2) is 24.9 Å². The SMILES string of the molecule is CCNCCn1cncc1-c1cnn(C)c1. The minimum absolute atomic E-state index is 0.929. The average molecular weight is 219 g/mol. The Balaban J connectivity index is 2.12. The molecule has 0 radical (unpaired) electrons. The van der Waals surface area contributed by atoms with Gasteiger partial charge in [0.2, 0.25) is 0 Å². The smallest absolute Gasteiger partial charge is 0.0951 e. The van der Waals surface area contributed by atoms with Crippen molar-refractivity contribution in [2.75, 3.05) is 13.1 Å². The summed E-state index contributed by atoms with van der Waals surface area (Å²) in [5, 5.41) is 7.47. The topological polar surface area (TPSA) is 47.7 Å². The fourth-order valence-electron chi connectivity index (χ4n) is 1.67. The lowest BCUT2D eigenvalue weighted by atomic mass is 10.3. The van der Waals surface area contributed by atoms with E-state index in [2.05, 4.69) is 26.9 Å². The zero-order valence-corrected chi connectivity index (χ0v) is 9.72. The Hall–Kier alpha value is -1.62. The van der Waals surface area contributed by atoms with Gasteiger partial charge in [0, 0.05) is 31.9 Å². The van der Waals surface area contributed by atoms with Gasteiger partial charge in [0.1, 0.15) is 0 Å². The molecule has 1 N–H and O–H groups in total. The number of nitrogens with one attached hydrogen (secondary N) is 1. The summed E-state index contributed by atoms with van der Waals surface area (Å²) in [7, 11) is 1.92. The first-order valence-corrected chi connectivity index (χ1v) is 5.51. The number of rotatable bonds is 5. The Bertz CT molecular complexity index is 443. The largest absolute Gasteiger partial charge is 0.329 e. The standard InChI is InChI=1S/C11H17N5/c1-3-12-4-5-16-9-13-7-11(16)10-6-14-15(2)8-10/h6-9,12H,3-5H2,1-2H3. The van der Waals surface area contributed by atoms with E-state index < -0.39 is 0 Å². The Morgan fingerprint density at radius 1 is 1.38 bits per heavy atom. The third kappa shape index (κ3) is 2.30. The van der Waals surface area contributed by atoms with Gasteiger partial charge < -0.3 is 9.88 Å². The number of nitrogens with zero attached hydrogens (tertiary/aromatic N) is 4. The van der Waals surface area contributed by atoms with Crippen LogP contribution in [0.2, 0.25) is 0 Å². The van der Waals surface area contributed by atoms with Gasteiger partial charge in [-0.3, -0.25) is 4.68 Å². The van der Waals surface area contributed by atoms with Gasteiger partial charge in [0.25, 0.3) is 0 Å². The molecule has 0 aliphatic heterocycles. The van der Waals surface area contributed by atoms with Gasteiger partial charge in [-0.15, -0.1) is 0 Å². The molecule has 0 saturated heterocycles. The number of hydrogen-bond donors (Lipinski definition) is 1. The van der Waals surface area contributed by atoms with Gasteiger partial charge in [-0.25, -0.2) is 4.98 Å². The zero-order chi connectivity index (χ0) is 11.4. The van der Waals surface area contributed by atoms with E-state index >= 15 is 0 Å². The molecule has 16 heavy (non-hydrogen) atoms. The molecule has 2 aromatic heterocycles. The summed E-state index contributed by atoms with van der Waals surface area (Å²) in [5.74, 6) is 0. The van der Waals surface area contributed by atoms with Gasteiger partial charge in [-0.2, -0.15) is 5.10 Å². The Morgan fingerprint density at radius 2 is 2.25 bits per heavy atom. The summed E-state index contributed by atoms with van der Waals surface area (Å²) in [6.07, 6.45) is 7.60. The van der Waals surface area contributed by atoms with Crippen LogP contribution < -0.4 is 5.32 Å². The number of hydrogen-bond acceptors (Lipinski definition) is 3. The molecule has 0 aromatic carbocycles. The highest BCUT2D eigenvalue weighted by atomic mass is 15.2. The molecular formula is C11H17N5. The number of aryl methyl sites for hydroxylation is 1. The molecule has 5 nitrogen and oxygen atoms in total. The molecule has 2 rings (SSSR count). The molecule has 0 fully saturated rings. The Morgan fingerprint density at radius 3 is 2.94 bits per heavy atom. The zero-order valence-electron chi connectivity index (χ0n) is 9.72. The number of aromatic nitrogens is 4. The maximum Gasteiger partial charge on any atom is 0.0951 e. The van der Waals surface area contributed by atoms with Crippen LogP contribution in [-0.4, -0.2) is 32.4 Å². The Labute approximate surface area is 95.1 Å². The molecule has 0 spiro atoms. The van der Waals surface area contributed by atoms with Crippen molar-refractivity contribution in [3.63, 3.8) is 0 Å². The molecule has 0 unspecified atom stereocenters. The summed E-state index contributed by atoms with van der Waals surface area (Å²) in [4.78, 5) is 4.18. The van der Waals surface area contributed by atoms with E-state index in [1.54, 1.807) is 4.68 Å². The fourth-order valence-corrected chi connectivity index (χ4v) is 1.67. The molecule has 5 heteroatoms. The van der Waals surface area contributed by atoms with E-state index in [9.17, 15) is 0 Å². The van der Waals surface area contributed by atoms with Crippen molar-refractivity contribution in [3.05, 3.63) is 24.9 Å². The molecule has 2 aromatic rings. The molecule has 86 valence electrons. The van der Waals surface area contributed by atoms with Crippen molar-refractivity contribution < 1.29 is 0 Å². The molecule has 0 aliphatic rings. The molecule has 2 heterocycles. The summed E-state index contributed by atoms with van der Waals surface area (Å²) < 4.78 is 3.94. The second kappa shape index (κ2) is 4.94. The van der Waals surface area contributed by atoms with E-state index in [1.165, 1.54) is 0 Å². The first kappa shape index (κ1) is 10.9. The normalized spacial score (nSPS) is 10.9. The fraction of sp³-hybridized carbons (Fsp3) is 0.455. The summed E-state index contributed by atoms with van der Waals surface area (Å²) in [6, 6.07) is 0. The lowest BCUT2D eigenvalue weighted by Crippen LogP contribution is -2.19. The van der Waals surface area contributed by atoms with Crippen molar-refractivity contribution in [1.29, 1.82) is 0 Å². The molecule has 0 amide bonds. The molecule has 0 aliphatic carbocycles. The van der Waals surface area contributed by atoms with Crippen LogP contribution in [0.25, 0.3) is 11.3 Å². The third-order valence-corrected chi connectivity index (χ3v) is 2.49. The van der Waals surface area contributed by atoms with Gasteiger partial charge in [0.05, 0.1) is 24.4 Å². The van der Waals surface area contributed by atoms with Crippen molar-refractivity contribution in [3.8, 4) is 11.3 Å². The van der Waals surface area contributed by atoms with Crippen LogP contribution in [0.3, 0.4) is 0 Å². The summed E-state index contributed by atoms with van der Waals surface area (Å²) in [6.45, 7) is 4.99. The van der Waals surface area contributed by atoms with Crippen LogP contribution in [0.1, 0.15) is 6.92 Å². The highest BCUT2D eigenvalue weighted by molar-refractivity contribution is 5.56. The van der Waals surface area contributed by atoms with Gasteiger partial charge >= 0.3 is 0 Å². The molecule has 0 bridgehead atoms. The monoisotopic (exact) mass is 219 g/mol. The second-order valence-electron chi connectivity index (χ2n) is 3.73. The number of imidazole rings is 1. The maximum atomic E-state index is 4.18. The predicted molar refractivity (Wildman–Crippen MR) is 63.0 cm³/mol. The van der Waals surface area contributed by atoms with Gasteiger partial charge in [-0.1, -0.05) is 6.92 Å². The molecule has 0 atom stereocenters. The van der Waals surface area contributed by atoms with Gasteiger partial charge in [-0.05, 0) is 6.54 Å². The van der Waals surface area contributed by atoms with Crippen LogP contribution >= 0.6 is 0 Å². The van der Waals surface area contributed by atoms with Gasteiger partial charge in [0.15, 0.2) is 0 Å². The van der Waals surface area contributed by atoms with Crippen molar-refractivity contribution in [2.24, 2.45) is 7.05 Å². The van der Waals surface area contributed by atoms with Crippen LogP contribution in [0.5, 0.6) is 0 Å². The predicted octanol–water partition coefficient (Wildman–Crippen LogP) is 0.893. The lowest BCUT2D eigenvalue weighted by Gasteiger charge is -2.06. The summed E-state index contributed by atoms with van der Waals surface area (Å²) in [5.41, 5.74) is 2.22.